The van der Waals surface area contributed by atoms with Crippen LogP contribution in [0.3, 0.4) is 0 Å². The summed E-state index contributed by atoms with van der Waals surface area (Å²) in [5, 5.41) is 11.5. The number of nitrogens with one attached hydrogen (secondary N) is 2. The second-order valence-corrected chi connectivity index (χ2v) is 6.16. The molecule has 0 saturated carbocycles. The lowest BCUT2D eigenvalue weighted by Gasteiger charge is -2.06. The first-order valence-electron chi connectivity index (χ1n) is 7.73. The number of aromatic nitrogens is 3. The monoisotopic (exact) mass is 358 g/mol. The van der Waals surface area contributed by atoms with E-state index in [0.717, 1.165) is 17.7 Å². The fraction of sp³-hybridized carbons (Fsp3) is 0.235. The average Bonchev–Trinajstić information content (AvgIpc) is 3.31. The molecule has 0 aliphatic carbocycles. The predicted molar refractivity (Wildman–Crippen MR) is 94.5 cm³/mol. The lowest BCUT2D eigenvalue weighted by atomic mass is 10.1. The number of benzene rings is 1. The molecule has 0 atom stereocenters. The smallest absolute Gasteiger partial charge is 0.230 e. The van der Waals surface area contributed by atoms with Crippen molar-refractivity contribution in [3.63, 3.8) is 0 Å². The Morgan fingerprint density at radius 2 is 2.24 bits per heavy atom. The summed E-state index contributed by atoms with van der Waals surface area (Å²) in [5.74, 6) is 2.19. The minimum absolute atomic E-state index is 0.0520. The number of ether oxygens (including phenoxy) is 1. The molecule has 0 aliphatic rings. The number of hydrogen-bond acceptors (Lipinski definition) is 6. The lowest BCUT2D eigenvalue weighted by Crippen LogP contribution is -2.27. The molecule has 3 aromatic rings. The first-order valence-corrected chi connectivity index (χ1v) is 8.72. The van der Waals surface area contributed by atoms with Gasteiger partial charge in [-0.05, 0) is 36.2 Å². The van der Waals surface area contributed by atoms with E-state index < -0.39 is 0 Å². The van der Waals surface area contributed by atoms with Gasteiger partial charge >= 0.3 is 0 Å². The summed E-state index contributed by atoms with van der Waals surface area (Å²) >= 11 is 1.30. The van der Waals surface area contributed by atoms with Gasteiger partial charge in [-0.25, -0.2) is 0 Å². The van der Waals surface area contributed by atoms with Gasteiger partial charge in [-0.15, -0.1) is 10.2 Å². The van der Waals surface area contributed by atoms with E-state index in [4.69, 9.17) is 9.15 Å². The van der Waals surface area contributed by atoms with Crippen molar-refractivity contribution in [3.05, 3.63) is 48.2 Å². The van der Waals surface area contributed by atoms with Gasteiger partial charge in [0.1, 0.15) is 5.75 Å². The van der Waals surface area contributed by atoms with Crippen LogP contribution in [0.15, 0.2) is 52.2 Å². The lowest BCUT2D eigenvalue weighted by molar-refractivity contribution is -0.118. The van der Waals surface area contributed by atoms with Crippen LogP contribution >= 0.6 is 11.8 Å². The van der Waals surface area contributed by atoms with Gasteiger partial charge < -0.3 is 19.5 Å². The molecule has 3 rings (SSSR count). The maximum absolute atomic E-state index is 11.9. The number of methoxy groups -OCH3 is 1. The van der Waals surface area contributed by atoms with E-state index in [1.54, 1.807) is 25.5 Å². The maximum atomic E-state index is 11.9. The van der Waals surface area contributed by atoms with Gasteiger partial charge in [0.15, 0.2) is 16.7 Å². The minimum Gasteiger partial charge on any atom is -0.497 e. The van der Waals surface area contributed by atoms with Crippen molar-refractivity contribution < 1.29 is 13.9 Å². The Hall–Kier alpha value is -2.74. The number of H-pyrrole nitrogens is 1. The van der Waals surface area contributed by atoms with Crippen LogP contribution in [0.5, 0.6) is 5.75 Å². The molecular weight excluding hydrogens is 340 g/mol. The van der Waals surface area contributed by atoms with Crippen molar-refractivity contribution in [1.29, 1.82) is 0 Å². The number of amides is 1. The fourth-order valence-electron chi connectivity index (χ4n) is 2.19. The molecule has 0 saturated heterocycles. The number of furan rings is 1. The number of thioether (sulfide) groups is 1. The average molecular weight is 358 g/mol. The van der Waals surface area contributed by atoms with Crippen molar-refractivity contribution in [3.8, 4) is 17.3 Å². The summed E-state index contributed by atoms with van der Waals surface area (Å²) in [6.45, 7) is 0.570. The van der Waals surface area contributed by atoms with Crippen molar-refractivity contribution in [1.82, 2.24) is 20.5 Å². The van der Waals surface area contributed by atoms with Crippen LogP contribution in [0.4, 0.5) is 0 Å². The molecule has 8 heteroatoms. The highest BCUT2D eigenvalue weighted by atomic mass is 32.2. The largest absolute Gasteiger partial charge is 0.497 e. The number of rotatable bonds is 8. The third-order valence-corrected chi connectivity index (χ3v) is 4.29. The molecule has 0 aliphatic heterocycles. The van der Waals surface area contributed by atoms with E-state index in [-0.39, 0.29) is 11.7 Å². The first-order chi connectivity index (χ1) is 12.2. The van der Waals surface area contributed by atoms with E-state index in [2.05, 4.69) is 20.5 Å². The molecule has 2 N–H and O–H groups in total. The summed E-state index contributed by atoms with van der Waals surface area (Å²) in [4.78, 5) is 14.9. The Kier molecular flexibility index (Phi) is 5.73. The van der Waals surface area contributed by atoms with E-state index in [1.165, 1.54) is 11.8 Å². The maximum Gasteiger partial charge on any atom is 0.230 e. The topological polar surface area (TPSA) is 93.0 Å². The molecule has 0 radical (unpaired) electrons. The van der Waals surface area contributed by atoms with Gasteiger partial charge in [0, 0.05) is 6.54 Å². The third kappa shape index (κ3) is 4.87. The van der Waals surface area contributed by atoms with E-state index >= 15 is 0 Å². The molecule has 2 heterocycles. The molecule has 0 spiro atoms. The van der Waals surface area contributed by atoms with Crippen molar-refractivity contribution in [2.45, 2.75) is 11.6 Å². The number of hydrogen-bond donors (Lipinski definition) is 2. The zero-order chi connectivity index (χ0) is 17.5. The summed E-state index contributed by atoms with van der Waals surface area (Å²) < 4.78 is 10.4. The third-order valence-electron chi connectivity index (χ3n) is 3.43. The van der Waals surface area contributed by atoms with Crippen LogP contribution in [0.25, 0.3) is 11.6 Å². The molecule has 7 nitrogen and oxygen atoms in total. The Bertz CT molecular complexity index is 817. The Morgan fingerprint density at radius 1 is 1.32 bits per heavy atom. The Morgan fingerprint density at radius 3 is 3.04 bits per heavy atom. The van der Waals surface area contributed by atoms with Crippen LogP contribution < -0.4 is 10.1 Å². The van der Waals surface area contributed by atoms with Gasteiger partial charge in [0.2, 0.25) is 5.91 Å². The van der Waals surface area contributed by atoms with Crippen LogP contribution in [0.1, 0.15) is 5.56 Å². The molecule has 25 heavy (non-hydrogen) atoms. The highest BCUT2D eigenvalue weighted by Crippen LogP contribution is 2.19. The van der Waals surface area contributed by atoms with E-state index in [9.17, 15) is 4.79 Å². The van der Waals surface area contributed by atoms with Crippen molar-refractivity contribution in [2.75, 3.05) is 19.4 Å². The second kappa shape index (κ2) is 8.39. The quantitative estimate of drug-likeness (QED) is 0.601. The highest BCUT2D eigenvalue weighted by Gasteiger charge is 2.10. The molecule has 0 fully saturated rings. The summed E-state index contributed by atoms with van der Waals surface area (Å²) in [6.07, 6.45) is 2.32. The second-order valence-electron chi connectivity index (χ2n) is 5.20. The van der Waals surface area contributed by atoms with Crippen LogP contribution in [-0.2, 0) is 11.2 Å². The predicted octanol–water partition coefficient (Wildman–Crippen LogP) is 2.52. The van der Waals surface area contributed by atoms with E-state index in [1.807, 2.05) is 24.3 Å². The Labute approximate surface area is 149 Å². The Balaban J connectivity index is 1.41. The van der Waals surface area contributed by atoms with Crippen LogP contribution in [0.2, 0.25) is 0 Å². The molecule has 0 bridgehead atoms. The zero-order valence-corrected chi connectivity index (χ0v) is 14.5. The zero-order valence-electron chi connectivity index (χ0n) is 13.7. The number of nitrogens with zero attached hydrogens (tertiary/aromatic N) is 2. The van der Waals surface area contributed by atoms with Crippen LogP contribution in [0, 0.1) is 0 Å². The number of carbonyl (C=O) groups is 1. The number of carbonyl (C=O) groups excluding carboxylic acids is 1. The summed E-state index contributed by atoms with van der Waals surface area (Å²) in [7, 11) is 1.64. The summed E-state index contributed by atoms with van der Waals surface area (Å²) in [5.41, 5.74) is 1.12. The van der Waals surface area contributed by atoms with Gasteiger partial charge in [-0.3, -0.25) is 4.79 Å². The molecule has 1 amide bonds. The molecule has 130 valence electrons. The van der Waals surface area contributed by atoms with Gasteiger partial charge in [0.05, 0.1) is 19.1 Å². The fourth-order valence-corrected chi connectivity index (χ4v) is 2.83. The molecule has 2 aromatic heterocycles. The molecular formula is C17H18N4O3S. The molecule has 0 unspecified atom stereocenters. The van der Waals surface area contributed by atoms with Crippen LogP contribution in [-0.4, -0.2) is 40.5 Å². The van der Waals surface area contributed by atoms with Gasteiger partial charge in [-0.1, -0.05) is 23.9 Å². The van der Waals surface area contributed by atoms with Crippen molar-refractivity contribution >= 4 is 17.7 Å². The van der Waals surface area contributed by atoms with Gasteiger partial charge in [0.25, 0.3) is 0 Å². The minimum atomic E-state index is -0.0520. The van der Waals surface area contributed by atoms with E-state index in [0.29, 0.717) is 23.3 Å². The number of aromatic amines is 1. The SMILES string of the molecule is COc1cccc(CCNC(=O)CSc2nnc(-c3ccco3)[nH]2)c1. The van der Waals surface area contributed by atoms with Gasteiger partial charge in [-0.2, -0.15) is 0 Å². The first kappa shape index (κ1) is 17.1. The van der Waals surface area contributed by atoms with Crippen molar-refractivity contribution in [2.24, 2.45) is 0 Å². The standard InChI is InChI=1S/C17H18N4O3S/c1-23-13-5-2-4-12(10-13)7-8-18-15(22)11-25-17-19-16(20-21-17)14-6-3-9-24-14/h2-6,9-10H,7-8,11H2,1H3,(H,18,22)(H,19,20,21). The summed E-state index contributed by atoms with van der Waals surface area (Å²) in [6, 6.07) is 11.4. The highest BCUT2D eigenvalue weighted by molar-refractivity contribution is 7.99. The normalized spacial score (nSPS) is 10.6. The molecule has 1 aromatic carbocycles.